The van der Waals surface area contributed by atoms with Crippen molar-refractivity contribution in [2.24, 2.45) is 0 Å². The monoisotopic (exact) mass is 323 g/mol. The van der Waals surface area contributed by atoms with Gasteiger partial charge in [-0.3, -0.25) is 0 Å². The molecule has 23 heavy (non-hydrogen) atoms. The van der Waals surface area contributed by atoms with Gasteiger partial charge in [0.05, 0.1) is 6.61 Å². The Morgan fingerprint density at radius 3 is 2.87 bits per heavy atom. The average molecular weight is 323 g/mol. The third-order valence-corrected chi connectivity index (χ3v) is 4.49. The normalized spacial score (nSPS) is 13.4. The minimum absolute atomic E-state index is 0.683. The molecule has 1 heterocycles. The lowest BCUT2D eigenvalue weighted by Crippen LogP contribution is -2.12. The van der Waals surface area contributed by atoms with Crippen molar-refractivity contribution in [3.05, 3.63) is 60.2 Å². The predicted molar refractivity (Wildman–Crippen MR) is 95.6 cm³/mol. The van der Waals surface area contributed by atoms with Crippen LogP contribution >= 0.6 is 12.2 Å². The maximum Gasteiger partial charge on any atom is 0.151 e. The molecule has 4 heteroatoms. The van der Waals surface area contributed by atoms with Gasteiger partial charge in [0.2, 0.25) is 0 Å². The molecule has 0 atom stereocenters. The van der Waals surface area contributed by atoms with Gasteiger partial charge < -0.3 is 8.92 Å². The second-order valence-corrected chi connectivity index (χ2v) is 6.06. The van der Waals surface area contributed by atoms with Crippen molar-refractivity contribution in [1.29, 1.82) is 0 Å². The number of fused-ring (bicyclic) bond motifs is 2. The number of hydrogen-bond donors (Lipinski definition) is 1. The third-order valence-electron chi connectivity index (χ3n) is 3.98. The van der Waals surface area contributed by atoms with Crippen molar-refractivity contribution in [1.82, 2.24) is 4.72 Å². The summed E-state index contributed by atoms with van der Waals surface area (Å²) in [6, 6.07) is 19.0. The van der Waals surface area contributed by atoms with Crippen LogP contribution in [0.15, 0.2) is 54.6 Å². The van der Waals surface area contributed by atoms with E-state index in [1.807, 2.05) is 13.0 Å². The summed E-state index contributed by atoms with van der Waals surface area (Å²) in [7, 11) is 0. The molecule has 1 aliphatic rings. The van der Waals surface area contributed by atoms with E-state index in [0.29, 0.717) is 6.61 Å². The minimum atomic E-state index is 0.683. The van der Waals surface area contributed by atoms with Crippen LogP contribution in [0.2, 0.25) is 0 Å². The summed E-state index contributed by atoms with van der Waals surface area (Å²) in [6.45, 7) is 3.50. The highest BCUT2D eigenvalue weighted by Crippen LogP contribution is 2.38. The number of para-hydroxylation sites is 1. The maximum atomic E-state index is 5.76. The first kappa shape index (κ1) is 14.4. The van der Waals surface area contributed by atoms with Crippen LogP contribution in [-0.4, -0.2) is 6.61 Å². The lowest BCUT2D eigenvalue weighted by Gasteiger charge is -2.19. The van der Waals surface area contributed by atoms with E-state index in [0.717, 1.165) is 23.6 Å². The lowest BCUT2D eigenvalue weighted by atomic mass is 9.98. The van der Waals surface area contributed by atoms with E-state index in [4.69, 9.17) is 8.92 Å². The van der Waals surface area contributed by atoms with Crippen molar-refractivity contribution < 1.29 is 8.92 Å². The molecule has 0 spiro atoms. The van der Waals surface area contributed by atoms with Crippen molar-refractivity contribution in [3.8, 4) is 22.6 Å². The van der Waals surface area contributed by atoms with Crippen LogP contribution < -0.4 is 13.6 Å². The molecule has 0 saturated carbocycles. The topological polar surface area (TPSA) is 30.5 Å². The molecule has 3 nitrogen and oxygen atoms in total. The van der Waals surface area contributed by atoms with Crippen LogP contribution in [0.3, 0.4) is 0 Å². The van der Waals surface area contributed by atoms with Gasteiger partial charge >= 0.3 is 0 Å². The van der Waals surface area contributed by atoms with E-state index in [9.17, 15) is 0 Å². The summed E-state index contributed by atoms with van der Waals surface area (Å²) < 4.78 is 14.5. The highest BCUT2D eigenvalue weighted by molar-refractivity contribution is 7.93. The highest BCUT2D eigenvalue weighted by Gasteiger charge is 2.16. The molecule has 116 valence electrons. The molecule has 0 bridgehead atoms. The molecule has 0 radical (unpaired) electrons. The SMILES string of the molecule is CCOc1ccc2cc(-c3cccc4c3OSNC4)ccc2c1. The Bertz CT molecular complexity index is 863. The van der Waals surface area contributed by atoms with Crippen molar-refractivity contribution in [2.75, 3.05) is 6.61 Å². The fourth-order valence-corrected chi connectivity index (χ4v) is 3.43. The standard InChI is InChI=1S/C19H17NO2S/c1-2-21-17-9-8-13-10-15(7-6-14(13)11-17)18-5-3-4-16-12-20-23-22-19(16)18/h3-11,20H,2,12H2,1H3. The molecule has 3 aromatic rings. The van der Waals surface area contributed by atoms with Gasteiger partial charge in [-0.2, -0.15) is 0 Å². The smallest absolute Gasteiger partial charge is 0.151 e. The van der Waals surface area contributed by atoms with Gasteiger partial charge in [-0.25, -0.2) is 4.72 Å². The van der Waals surface area contributed by atoms with Crippen molar-refractivity contribution in [3.63, 3.8) is 0 Å². The fraction of sp³-hybridized carbons (Fsp3) is 0.158. The second-order valence-electron chi connectivity index (χ2n) is 5.44. The van der Waals surface area contributed by atoms with Crippen LogP contribution in [0.25, 0.3) is 21.9 Å². The molecule has 3 aromatic carbocycles. The largest absolute Gasteiger partial charge is 0.494 e. The Labute approximate surface area is 140 Å². The van der Waals surface area contributed by atoms with E-state index in [1.54, 1.807) is 0 Å². The summed E-state index contributed by atoms with van der Waals surface area (Å²) in [6.07, 6.45) is 0. The molecule has 0 unspecified atom stereocenters. The Balaban J connectivity index is 1.79. The van der Waals surface area contributed by atoms with Crippen LogP contribution in [0.4, 0.5) is 0 Å². The minimum Gasteiger partial charge on any atom is -0.494 e. The Hall–Kier alpha value is -2.17. The van der Waals surface area contributed by atoms with Gasteiger partial charge in [-0.15, -0.1) is 0 Å². The lowest BCUT2D eigenvalue weighted by molar-refractivity contribution is 0.341. The van der Waals surface area contributed by atoms with E-state index in [1.165, 1.54) is 34.1 Å². The molecule has 0 fully saturated rings. The number of ether oxygens (including phenoxy) is 1. The molecule has 0 amide bonds. The second kappa shape index (κ2) is 6.14. The predicted octanol–water partition coefficient (Wildman–Crippen LogP) is 4.95. The number of hydrogen-bond acceptors (Lipinski definition) is 4. The molecule has 0 aromatic heterocycles. The number of benzene rings is 3. The zero-order chi connectivity index (χ0) is 15.6. The van der Waals surface area contributed by atoms with Crippen LogP contribution in [0.5, 0.6) is 11.5 Å². The summed E-state index contributed by atoms with van der Waals surface area (Å²) >= 11 is 1.29. The Morgan fingerprint density at radius 2 is 1.96 bits per heavy atom. The fourth-order valence-electron chi connectivity index (χ4n) is 2.88. The van der Waals surface area contributed by atoms with Gasteiger partial charge in [0.25, 0.3) is 0 Å². The molecule has 1 N–H and O–H groups in total. The summed E-state index contributed by atoms with van der Waals surface area (Å²) in [5, 5.41) is 2.38. The molecular formula is C19H17NO2S. The number of rotatable bonds is 3. The molecule has 4 rings (SSSR count). The molecule has 0 aliphatic carbocycles. The molecule has 0 saturated heterocycles. The van der Waals surface area contributed by atoms with Gasteiger partial charge in [0, 0.05) is 17.7 Å². The van der Waals surface area contributed by atoms with Crippen LogP contribution in [0.1, 0.15) is 12.5 Å². The van der Waals surface area contributed by atoms with Crippen LogP contribution in [-0.2, 0) is 6.54 Å². The Morgan fingerprint density at radius 1 is 1.09 bits per heavy atom. The number of nitrogens with one attached hydrogen (secondary N) is 1. The van der Waals surface area contributed by atoms with Gasteiger partial charge in [-0.05, 0) is 41.5 Å². The van der Waals surface area contributed by atoms with Gasteiger partial charge in [0.15, 0.2) is 5.75 Å². The van der Waals surface area contributed by atoms with E-state index in [2.05, 4.69) is 53.3 Å². The Kier molecular flexibility index (Phi) is 3.85. The zero-order valence-electron chi connectivity index (χ0n) is 12.8. The van der Waals surface area contributed by atoms with E-state index >= 15 is 0 Å². The first-order valence-corrected chi connectivity index (χ1v) is 8.44. The summed E-state index contributed by atoms with van der Waals surface area (Å²) in [4.78, 5) is 0. The van der Waals surface area contributed by atoms with Gasteiger partial charge in [0.1, 0.15) is 18.0 Å². The third kappa shape index (κ3) is 2.76. The van der Waals surface area contributed by atoms with E-state index in [-0.39, 0.29) is 0 Å². The van der Waals surface area contributed by atoms with Gasteiger partial charge in [-0.1, -0.05) is 36.4 Å². The molecule has 1 aliphatic heterocycles. The highest BCUT2D eigenvalue weighted by atomic mass is 32.2. The maximum absolute atomic E-state index is 5.76. The van der Waals surface area contributed by atoms with Crippen molar-refractivity contribution in [2.45, 2.75) is 13.5 Å². The van der Waals surface area contributed by atoms with Crippen molar-refractivity contribution >= 4 is 23.0 Å². The quantitative estimate of drug-likeness (QED) is 0.546. The first-order valence-electron chi connectivity index (χ1n) is 7.70. The van der Waals surface area contributed by atoms with Crippen LogP contribution in [0, 0.1) is 0 Å². The summed E-state index contributed by atoms with van der Waals surface area (Å²) in [5.41, 5.74) is 3.49. The molecular weight excluding hydrogens is 306 g/mol. The summed E-state index contributed by atoms with van der Waals surface area (Å²) in [5.74, 6) is 1.87. The van der Waals surface area contributed by atoms with E-state index < -0.39 is 0 Å². The average Bonchev–Trinajstić information content (AvgIpc) is 2.61. The zero-order valence-corrected chi connectivity index (χ0v) is 13.7. The first-order chi connectivity index (χ1) is 11.3.